The van der Waals surface area contributed by atoms with Crippen LogP contribution < -0.4 is 4.72 Å². The molecular weight excluding hydrogens is 334 g/mol. The molecule has 0 saturated carbocycles. The maximum Gasteiger partial charge on any atom is 0.215 e. The fourth-order valence-corrected chi connectivity index (χ4v) is 4.78. The summed E-state index contributed by atoms with van der Waals surface area (Å²) in [4.78, 5) is 2.38. The van der Waals surface area contributed by atoms with Gasteiger partial charge in [0.2, 0.25) is 10.0 Å². The molecule has 1 saturated heterocycles. The molecule has 1 atom stereocenters. The molecule has 0 amide bonds. The van der Waals surface area contributed by atoms with Crippen molar-refractivity contribution in [2.75, 3.05) is 19.6 Å². The third kappa shape index (κ3) is 4.51. The normalized spacial score (nSPS) is 17.0. The summed E-state index contributed by atoms with van der Waals surface area (Å²) in [6, 6.07) is 11.8. The zero-order chi connectivity index (χ0) is 17.9. The van der Waals surface area contributed by atoms with Gasteiger partial charge in [-0.05, 0) is 56.1 Å². The Morgan fingerprint density at radius 3 is 2.48 bits per heavy atom. The highest BCUT2D eigenvalue weighted by Crippen LogP contribution is 2.25. The van der Waals surface area contributed by atoms with Crippen LogP contribution in [0, 0.1) is 6.92 Å². The zero-order valence-corrected chi connectivity index (χ0v) is 15.8. The third-order valence-electron chi connectivity index (χ3n) is 5.01. The molecule has 25 heavy (non-hydrogen) atoms. The first kappa shape index (κ1) is 18.2. The Balaban J connectivity index is 1.72. The maximum absolute atomic E-state index is 12.6. The SMILES string of the molecule is Cc1ccccc1CS(=O)(=O)NCC(c1cccn1C)N1CCCC1. The summed E-state index contributed by atoms with van der Waals surface area (Å²) < 4.78 is 30.1. The lowest BCUT2D eigenvalue weighted by Gasteiger charge is -2.28. The maximum atomic E-state index is 12.6. The fraction of sp³-hybridized carbons (Fsp3) is 0.474. The molecule has 1 aromatic carbocycles. The molecule has 3 rings (SSSR count). The number of benzene rings is 1. The molecule has 5 nitrogen and oxygen atoms in total. The first-order valence-corrected chi connectivity index (χ1v) is 10.5. The number of aryl methyl sites for hydroxylation is 2. The summed E-state index contributed by atoms with van der Waals surface area (Å²) in [5, 5.41) is 0. The van der Waals surface area contributed by atoms with Crippen LogP contribution in [0.15, 0.2) is 42.6 Å². The van der Waals surface area contributed by atoms with E-state index >= 15 is 0 Å². The van der Waals surface area contributed by atoms with E-state index < -0.39 is 10.0 Å². The number of sulfonamides is 1. The first-order valence-electron chi connectivity index (χ1n) is 8.83. The number of likely N-dealkylation sites (tertiary alicyclic amines) is 1. The second-order valence-corrected chi connectivity index (χ2v) is 8.64. The van der Waals surface area contributed by atoms with Gasteiger partial charge >= 0.3 is 0 Å². The largest absolute Gasteiger partial charge is 0.353 e. The number of nitrogens with zero attached hydrogens (tertiary/aromatic N) is 2. The minimum Gasteiger partial charge on any atom is -0.353 e. The van der Waals surface area contributed by atoms with Crippen molar-refractivity contribution in [1.82, 2.24) is 14.2 Å². The van der Waals surface area contributed by atoms with Crippen LogP contribution in [0.1, 0.15) is 35.7 Å². The van der Waals surface area contributed by atoms with Crippen LogP contribution in [0.5, 0.6) is 0 Å². The van der Waals surface area contributed by atoms with E-state index in [1.807, 2.05) is 50.5 Å². The van der Waals surface area contributed by atoms with Gasteiger partial charge in [0.15, 0.2) is 0 Å². The molecule has 1 aliphatic rings. The summed E-state index contributed by atoms with van der Waals surface area (Å²) in [6.07, 6.45) is 4.37. The lowest BCUT2D eigenvalue weighted by Crippen LogP contribution is -2.38. The van der Waals surface area contributed by atoms with Crippen molar-refractivity contribution in [2.45, 2.75) is 31.6 Å². The van der Waals surface area contributed by atoms with Gasteiger partial charge in [-0.25, -0.2) is 13.1 Å². The summed E-state index contributed by atoms with van der Waals surface area (Å²) >= 11 is 0. The molecule has 1 fully saturated rings. The van der Waals surface area contributed by atoms with E-state index in [2.05, 4.69) is 20.3 Å². The number of hydrogen-bond acceptors (Lipinski definition) is 3. The third-order valence-corrected chi connectivity index (χ3v) is 6.31. The summed E-state index contributed by atoms with van der Waals surface area (Å²) in [7, 11) is -1.36. The topological polar surface area (TPSA) is 54.3 Å². The van der Waals surface area contributed by atoms with Gasteiger partial charge in [-0.1, -0.05) is 24.3 Å². The lowest BCUT2D eigenvalue weighted by molar-refractivity contribution is 0.238. The minimum absolute atomic E-state index is 0.0273. The Morgan fingerprint density at radius 2 is 1.84 bits per heavy atom. The molecule has 0 spiro atoms. The Bertz CT molecular complexity index is 808. The van der Waals surface area contributed by atoms with Crippen molar-refractivity contribution < 1.29 is 8.42 Å². The van der Waals surface area contributed by atoms with E-state index in [4.69, 9.17) is 0 Å². The molecule has 0 bridgehead atoms. The average molecular weight is 362 g/mol. The lowest BCUT2D eigenvalue weighted by atomic mass is 10.1. The van der Waals surface area contributed by atoms with E-state index in [0.29, 0.717) is 6.54 Å². The van der Waals surface area contributed by atoms with Gasteiger partial charge in [0.25, 0.3) is 0 Å². The van der Waals surface area contributed by atoms with Gasteiger partial charge in [0.1, 0.15) is 0 Å². The highest BCUT2D eigenvalue weighted by Gasteiger charge is 2.26. The van der Waals surface area contributed by atoms with Gasteiger partial charge in [-0.3, -0.25) is 4.90 Å². The van der Waals surface area contributed by atoms with E-state index in [1.54, 1.807) is 0 Å². The molecule has 1 N–H and O–H groups in total. The predicted molar refractivity (Wildman–Crippen MR) is 101 cm³/mol. The minimum atomic E-state index is -3.37. The van der Waals surface area contributed by atoms with Gasteiger partial charge in [-0.15, -0.1) is 0 Å². The van der Waals surface area contributed by atoms with Crippen molar-refractivity contribution in [3.8, 4) is 0 Å². The van der Waals surface area contributed by atoms with Crippen LogP contribution in [0.25, 0.3) is 0 Å². The molecule has 6 heteroatoms. The Morgan fingerprint density at radius 1 is 1.12 bits per heavy atom. The fourth-order valence-electron chi connectivity index (χ4n) is 3.53. The highest BCUT2D eigenvalue weighted by atomic mass is 32.2. The molecule has 1 aliphatic heterocycles. The summed E-state index contributed by atoms with van der Waals surface area (Å²) in [6.45, 7) is 4.40. The second-order valence-electron chi connectivity index (χ2n) is 6.84. The standard InChI is InChI=1S/C19H27N3O2S/c1-16-8-3-4-9-17(16)15-25(23,24)20-14-19(22-12-5-6-13-22)18-10-7-11-21(18)2/h3-4,7-11,19-20H,5-6,12-15H2,1-2H3. The van der Waals surface area contributed by atoms with E-state index in [9.17, 15) is 8.42 Å². The number of aromatic nitrogens is 1. The Kier molecular flexibility index (Phi) is 5.61. The van der Waals surface area contributed by atoms with Gasteiger partial charge in [0.05, 0.1) is 11.8 Å². The van der Waals surface area contributed by atoms with Gasteiger partial charge in [0, 0.05) is 25.5 Å². The van der Waals surface area contributed by atoms with Crippen molar-refractivity contribution in [3.05, 3.63) is 59.4 Å². The molecule has 0 aliphatic carbocycles. The monoisotopic (exact) mass is 361 g/mol. The number of nitrogens with one attached hydrogen (secondary N) is 1. The van der Waals surface area contributed by atoms with Crippen molar-refractivity contribution >= 4 is 10.0 Å². The van der Waals surface area contributed by atoms with Gasteiger partial charge < -0.3 is 4.57 Å². The van der Waals surface area contributed by atoms with Crippen LogP contribution in [-0.2, 0) is 22.8 Å². The zero-order valence-electron chi connectivity index (χ0n) is 15.0. The smallest absolute Gasteiger partial charge is 0.215 e. The Hall–Kier alpha value is -1.63. The molecule has 1 aromatic heterocycles. The van der Waals surface area contributed by atoms with Crippen LogP contribution in [-0.4, -0.2) is 37.5 Å². The van der Waals surface area contributed by atoms with Crippen LogP contribution in [0.2, 0.25) is 0 Å². The van der Waals surface area contributed by atoms with Crippen LogP contribution in [0.4, 0.5) is 0 Å². The molecule has 1 unspecified atom stereocenters. The average Bonchev–Trinajstić information content (AvgIpc) is 3.23. The molecule has 0 radical (unpaired) electrons. The van der Waals surface area contributed by atoms with Crippen molar-refractivity contribution in [1.29, 1.82) is 0 Å². The molecule has 2 heterocycles. The van der Waals surface area contributed by atoms with Crippen molar-refractivity contribution in [3.63, 3.8) is 0 Å². The quantitative estimate of drug-likeness (QED) is 0.825. The van der Waals surface area contributed by atoms with Crippen LogP contribution in [0.3, 0.4) is 0 Å². The summed E-state index contributed by atoms with van der Waals surface area (Å²) in [5.74, 6) is 0.0273. The number of rotatable bonds is 7. The van der Waals surface area contributed by atoms with E-state index in [0.717, 1.165) is 29.9 Å². The van der Waals surface area contributed by atoms with E-state index in [-0.39, 0.29) is 11.8 Å². The molecular formula is C19H27N3O2S. The van der Waals surface area contributed by atoms with E-state index in [1.165, 1.54) is 12.8 Å². The Labute approximate surface area is 150 Å². The second kappa shape index (κ2) is 7.72. The van der Waals surface area contributed by atoms with Crippen molar-refractivity contribution in [2.24, 2.45) is 7.05 Å². The molecule has 136 valence electrons. The van der Waals surface area contributed by atoms with Crippen LogP contribution >= 0.6 is 0 Å². The number of hydrogen-bond donors (Lipinski definition) is 1. The van der Waals surface area contributed by atoms with Gasteiger partial charge in [-0.2, -0.15) is 0 Å². The summed E-state index contributed by atoms with van der Waals surface area (Å²) in [5.41, 5.74) is 3.01. The molecule has 2 aromatic rings. The highest BCUT2D eigenvalue weighted by molar-refractivity contribution is 7.88. The predicted octanol–water partition coefficient (Wildman–Crippen LogP) is 2.59. The first-order chi connectivity index (χ1) is 12.0.